The summed E-state index contributed by atoms with van der Waals surface area (Å²) in [4.78, 5) is 0. The molecular weight excluding hydrogens is 689 g/mol. The molecule has 278 valence electrons. The zero-order valence-corrected chi connectivity index (χ0v) is 31.3. The van der Waals surface area contributed by atoms with Crippen molar-refractivity contribution in [3.8, 4) is 0 Å². The van der Waals surface area contributed by atoms with Crippen molar-refractivity contribution in [2.75, 3.05) is 0 Å². The number of allylic oxidation sites excluding steroid dienone is 3. The van der Waals surface area contributed by atoms with Crippen LogP contribution < -0.4 is 0 Å². The van der Waals surface area contributed by atoms with Crippen molar-refractivity contribution in [3.63, 3.8) is 0 Å². The molecule has 0 saturated heterocycles. The number of aliphatic hydroxyl groups excluding tert-OH is 1. The second-order valence-electron chi connectivity index (χ2n) is 15.6. The van der Waals surface area contributed by atoms with Gasteiger partial charge in [-0.15, -0.1) is 0 Å². The average Bonchev–Trinajstić information content (AvgIpc) is 3.20. The van der Waals surface area contributed by atoms with E-state index in [1.165, 1.54) is 5.57 Å². The highest BCUT2D eigenvalue weighted by Gasteiger charge is 2.68. The number of fused-ring (bicyclic) bond motifs is 5. The van der Waals surface area contributed by atoms with Gasteiger partial charge in [0, 0.05) is 5.92 Å². The Hall–Kier alpha value is -0.950. The minimum Gasteiger partial charge on any atom is -0.726 e. The first-order valence-corrected chi connectivity index (χ1v) is 20.7. The SMILES string of the molecule is C=C(C)C(CC)(CC)CC[C@@H](C)[C@H]1CC[C@@]2(C)[C@@H]3C[C@H](OS(=O)(=O)[O-])[C@H]4[C@@H](O)[C@H](OS(=O)(=O)[O-])[C@@H](OS(=O)(=O)[O-])C[C@]4(C)C3=CC[C@]12C. The summed E-state index contributed by atoms with van der Waals surface area (Å²) in [6, 6.07) is 0. The highest BCUT2D eigenvalue weighted by atomic mass is 32.3. The standard InChI is InChI=1S/C32H54O13S3/c1-9-32(10-2,19(3)4)16-11-20(5)21-12-14-31(8)23-17-24(43-46(34,35)36)26-27(33)28(45-48(40,41)42)25(44-47(37,38)39)18-29(26,6)22(23)13-15-30(21,31)7/h13,20-21,23-28,33H,3,9-12,14-18H2,1-2,4-8H3,(H,34,35,36)(H,37,38,39)(H,40,41,42)/p-3/t20-,21-,23-,24+,25+,26+,27-,28-,29-,30-,31+/m1/s1. The van der Waals surface area contributed by atoms with Gasteiger partial charge in [-0.1, -0.05) is 65.3 Å². The van der Waals surface area contributed by atoms with Gasteiger partial charge >= 0.3 is 0 Å². The summed E-state index contributed by atoms with van der Waals surface area (Å²) in [7, 11) is -16.4. The Labute approximate surface area is 286 Å². The van der Waals surface area contributed by atoms with Gasteiger partial charge < -0.3 is 18.8 Å². The second kappa shape index (κ2) is 13.2. The lowest BCUT2D eigenvalue weighted by Gasteiger charge is -2.64. The summed E-state index contributed by atoms with van der Waals surface area (Å²) in [5.74, 6) is -1.09. The third-order valence-corrected chi connectivity index (χ3v) is 15.1. The van der Waals surface area contributed by atoms with Gasteiger partial charge in [0.25, 0.3) is 0 Å². The molecule has 1 N–H and O–H groups in total. The van der Waals surface area contributed by atoms with E-state index in [2.05, 4.69) is 56.5 Å². The Morgan fingerprint density at radius 1 is 0.979 bits per heavy atom. The third-order valence-electron chi connectivity index (χ3n) is 13.7. The molecule has 11 atom stereocenters. The van der Waals surface area contributed by atoms with Crippen LogP contribution in [0.15, 0.2) is 23.8 Å². The van der Waals surface area contributed by atoms with Gasteiger partial charge in [-0.2, -0.15) is 0 Å². The Kier molecular flexibility index (Phi) is 11.0. The molecule has 4 rings (SSSR count). The monoisotopic (exact) mass is 739 g/mol. The highest BCUT2D eigenvalue weighted by molar-refractivity contribution is 7.81. The Morgan fingerprint density at radius 3 is 2.02 bits per heavy atom. The third kappa shape index (κ3) is 7.22. The average molecular weight is 740 g/mol. The molecule has 4 aliphatic carbocycles. The predicted octanol–water partition coefficient (Wildman–Crippen LogP) is 4.48. The summed E-state index contributed by atoms with van der Waals surface area (Å²) < 4.78 is 121. The fourth-order valence-electron chi connectivity index (χ4n) is 10.8. The topological polar surface area (TPSA) is 220 Å². The quantitative estimate of drug-likeness (QED) is 0.157. The molecule has 4 aliphatic rings. The van der Waals surface area contributed by atoms with Crippen LogP contribution in [0.1, 0.15) is 106 Å². The van der Waals surface area contributed by atoms with Crippen molar-refractivity contribution in [1.29, 1.82) is 0 Å². The van der Waals surface area contributed by atoms with Crippen LogP contribution in [-0.2, 0) is 43.7 Å². The van der Waals surface area contributed by atoms with E-state index in [0.717, 1.165) is 44.1 Å². The largest absolute Gasteiger partial charge is 0.726 e. The molecule has 16 heteroatoms. The molecule has 3 fully saturated rings. The maximum atomic E-state index is 12.1. The van der Waals surface area contributed by atoms with E-state index in [9.17, 15) is 44.0 Å². The van der Waals surface area contributed by atoms with E-state index in [-0.39, 0.29) is 23.2 Å². The van der Waals surface area contributed by atoms with Crippen molar-refractivity contribution in [1.82, 2.24) is 0 Å². The molecule has 0 heterocycles. The van der Waals surface area contributed by atoms with E-state index in [1.807, 2.05) is 6.08 Å². The van der Waals surface area contributed by atoms with E-state index >= 15 is 0 Å². The van der Waals surface area contributed by atoms with Gasteiger partial charge in [0.05, 0.1) is 12.2 Å². The molecule has 0 amide bonds. The van der Waals surface area contributed by atoms with Crippen LogP contribution >= 0.6 is 0 Å². The van der Waals surface area contributed by atoms with Crippen molar-refractivity contribution >= 4 is 31.2 Å². The van der Waals surface area contributed by atoms with E-state index < -0.39 is 78.8 Å². The van der Waals surface area contributed by atoms with Crippen LogP contribution in [0.4, 0.5) is 0 Å². The number of hydrogen-bond acceptors (Lipinski definition) is 13. The van der Waals surface area contributed by atoms with E-state index in [0.29, 0.717) is 18.3 Å². The van der Waals surface area contributed by atoms with Gasteiger partial charge in [-0.05, 0) is 104 Å². The first-order chi connectivity index (χ1) is 21.8. The summed E-state index contributed by atoms with van der Waals surface area (Å²) in [5, 5.41) is 11.5. The normalized spacial score (nSPS) is 39.6. The van der Waals surface area contributed by atoms with Gasteiger partial charge in [-0.3, -0.25) is 12.5 Å². The molecule has 0 aliphatic heterocycles. The molecule has 0 aromatic carbocycles. The minimum absolute atomic E-state index is 0.0233. The molecule has 0 aromatic heterocycles. The van der Waals surface area contributed by atoms with Crippen LogP contribution in [0.3, 0.4) is 0 Å². The van der Waals surface area contributed by atoms with Crippen molar-refractivity contribution in [2.45, 2.75) is 131 Å². The molecule has 0 bridgehead atoms. The molecule has 48 heavy (non-hydrogen) atoms. The Morgan fingerprint density at radius 2 is 1.52 bits per heavy atom. The zero-order chi connectivity index (χ0) is 36.5. The Balaban J connectivity index is 1.78. The van der Waals surface area contributed by atoms with Crippen LogP contribution in [0.2, 0.25) is 0 Å². The van der Waals surface area contributed by atoms with Crippen molar-refractivity contribution in [2.24, 2.45) is 45.3 Å². The molecular formula is C32H51O13S3-3. The van der Waals surface area contributed by atoms with Crippen LogP contribution in [-0.4, -0.2) is 68.4 Å². The van der Waals surface area contributed by atoms with Gasteiger partial charge in [0.2, 0.25) is 31.2 Å². The van der Waals surface area contributed by atoms with Gasteiger partial charge in [0.1, 0.15) is 12.2 Å². The Bertz CT molecular complexity index is 1600. The molecule has 0 radical (unpaired) electrons. The first-order valence-electron chi connectivity index (χ1n) is 16.7. The van der Waals surface area contributed by atoms with Gasteiger partial charge in [0.15, 0.2) is 0 Å². The fourth-order valence-corrected chi connectivity index (χ4v) is 12.3. The van der Waals surface area contributed by atoms with Crippen LogP contribution in [0, 0.1) is 45.3 Å². The fraction of sp³-hybridized carbons (Fsp3) is 0.875. The summed E-state index contributed by atoms with van der Waals surface area (Å²) in [5.41, 5.74) is -0.0733. The van der Waals surface area contributed by atoms with Crippen molar-refractivity contribution in [3.05, 3.63) is 23.8 Å². The number of rotatable bonds is 13. The highest BCUT2D eigenvalue weighted by Crippen LogP contribution is 2.72. The maximum absolute atomic E-state index is 12.1. The molecule has 0 unspecified atom stereocenters. The van der Waals surface area contributed by atoms with Crippen LogP contribution in [0.25, 0.3) is 0 Å². The maximum Gasteiger partial charge on any atom is 0.218 e. The zero-order valence-electron chi connectivity index (χ0n) is 28.8. The van der Waals surface area contributed by atoms with Crippen molar-refractivity contribution < 1.29 is 56.6 Å². The van der Waals surface area contributed by atoms with E-state index in [4.69, 9.17) is 4.18 Å². The number of hydrogen-bond donors (Lipinski definition) is 1. The summed E-state index contributed by atoms with van der Waals surface area (Å²) in [6.07, 6.45) is 0.175. The lowest BCUT2D eigenvalue weighted by molar-refractivity contribution is -0.179. The molecule has 0 spiro atoms. The summed E-state index contributed by atoms with van der Waals surface area (Å²) in [6.45, 7) is 19.0. The smallest absolute Gasteiger partial charge is 0.218 e. The van der Waals surface area contributed by atoms with Gasteiger partial charge in [-0.25, -0.2) is 25.3 Å². The molecule has 3 saturated carbocycles. The lowest BCUT2D eigenvalue weighted by atomic mass is 9.43. The molecule has 0 aromatic rings. The van der Waals surface area contributed by atoms with Crippen LogP contribution in [0.5, 0.6) is 0 Å². The van der Waals surface area contributed by atoms with E-state index in [1.54, 1.807) is 6.92 Å². The predicted molar refractivity (Wildman–Crippen MR) is 172 cm³/mol. The second-order valence-corrected chi connectivity index (χ2v) is 18.6. The molecule has 13 nitrogen and oxygen atoms in total. The summed E-state index contributed by atoms with van der Waals surface area (Å²) >= 11 is 0. The minimum atomic E-state index is -5.57. The lowest BCUT2D eigenvalue weighted by Crippen LogP contribution is -2.65. The number of aliphatic hydroxyl groups is 1. The first kappa shape index (κ1) is 39.8.